The zero-order valence-electron chi connectivity index (χ0n) is 8.13. The predicted molar refractivity (Wildman–Crippen MR) is 57.0 cm³/mol. The summed E-state index contributed by atoms with van der Waals surface area (Å²) in [5, 5.41) is 7.15. The Morgan fingerprint density at radius 2 is 2.25 bits per heavy atom. The molecule has 3 N–H and O–H groups in total. The Labute approximate surface area is 79.2 Å². The third kappa shape index (κ3) is 4.62. The topological polar surface area (TPSA) is 53.1 Å². The summed E-state index contributed by atoms with van der Waals surface area (Å²) in [6.45, 7) is 2.75. The normalized spacial score (nSPS) is 13.3. The Morgan fingerprint density at radius 1 is 1.67 bits per heavy atom. The van der Waals surface area contributed by atoms with E-state index in [1.54, 1.807) is 0 Å². The zero-order chi connectivity index (χ0) is 9.56. The minimum absolute atomic E-state index is 0.247. The maximum absolute atomic E-state index is 7.15. The molecule has 0 aliphatic heterocycles. The Bertz CT molecular complexity index is 138. The number of nitrogens with one attached hydrogen (secondary N) is 1. The minimum atomic E-state index is 0.247. The van der Waals surface area contributed by atoms with E-state index >= 15 is 0 Å². The maximum Gasteiger partial charge on any atom is 0.105 e. The second-order valence-electron chi connectivity index (χ2n) is 2.96. The Kier molecular flexibility index (Phi) is 6.20. The van der Waals surface area contributed by atoms with Crippen molar-refractivity contribution in [1.82, 2.24) is 4.90 Å². The van der Waals surface area contributed by atoms with Gasteiger partial charge in [-0.15, -0.1) is 0 Å². The fraction of sp³-hybridized carbons (Fsp3) is 0.875. The quantitative estimate of drug-likeness (QED) is 0.484. The highest BCUT2D eigenvalue weighted by Gasteiger charge is 2.11. The molecule has 0 bridgehead atoms. The van der Waals surface area contributed by atoms with E-state index < -0.39 is 0 Å². The van der Waals surface area contributed by atoms with Crippen LogP contribution in [-0.2, 0) is 0 Å². The van der Waals surface area contributed by atoms with Gasteiger partial charge >= 0.3 is 0 Å². The first-order valence-corrected chi connectivity index (χ1v) is 5.53. The maximum atomic E-state index is 7.15. The molecule has 0 radical (unpaired) electrons. The van der Waals surface area contributed by atoms with Crippen LogP contribution in [-0.4, -0.2) is 42.4 Å². The molecule has 0 saturated carbocycles. The summed E-state index contributed by atoms with van der Waals surface area (Å²) in [5.74, 6) is 1.36. The van der Waals surface area contributed by atoms with Crippen molar-refractivity contribution in [2.24, 2.45) is 5.73 Å². The zero-order valence-corrected chi connectivity index (χ0v) is 8.95. The van der Waals surface area contributed by atoms with Crippen LogP contribution >= 0.6 is 11.8 Å². The van der Waals surface area contributed by atoms with E-state index in [1.807, 2.05) is 18.8 Å². The number of rotatable bonds is 6. The van der Waals surface area contributed by atoms with Gasteiger partial charge in [-0.05, 0) is 19.7 Å². The van der Waals surface area contributed by atoms with Crippen LogP contribution in [0.2, 0.25) is 0 Å². The highest BCUT2D eigenvalue weighted by molar-refractivity contribution is 7.98. The highest BCUT2D eigenvalue weighted by Crippen LogP contribution is 2.07. The molecule has 0 fully saturated rings. The van der Waals surface area contributed by atoms with Crippen molar-refractivity contribution in [3.05, 3.63) is 0 Å². The van der Waals surface area contributed by atoms with Gasteiger partial charge in [0.2, 0.25) is 0 Å². The number of amidine groups is 1. The lowest BCUT2D eigenvalue weighted by Crippen LogP contribution is -2.39. The molecule has 0 aliphatic rings. The fourth-order valence-corrected chi connectivity index (χ4v) is 2.02. The number of hydrogen-bond donors (Lipinski definition) is 2. The van der Waals surface area contributed by atoms with Gasteiger partial charge in [0, 0.05) is 11.8 Å². The molecule has 0 aromatic heterocycles. The van der Waals surface area contributed by atoms with Gasteiger partial charge in [-0.25, -0.2) is 0 Å². The molecule has 1 unspecified atom stereocenters. The van der Waals surface area contributed by atoms with Gasteiger partial charge in [0.1, 0.15) is 5.84 Å². The molecule has 0 rings (SSSR count). The van der Waals surface area contributed by atoms with Gasteiger partial charge in [-0.2, -0.15) is 11.8 Å². The van der Waals surface area contributed by atoms with E-state index in [4.69, 9.17) is 11.1 Å². The molecule has 0 aromatic carbocycles. The van der Waals surface area contributed by atoms with Gasteiger partial charge in [-0.3, -0.25) is 10.3 Å². The summed E-state index contributed by atoms with van der Waals surface area (Å²) in [6, 6.07) is 0.545. The van der Waals surface area contributed by atoms with Gasteiger partial charge in [0.05, 0.1) is 6.54 Å². The van der Waals surface area contributed by atoms with Crippen molar-refractivity contribution >= 4 is 17.6 Å². The lowest BCUT2D eigenvalue weighted by molar-refractivity contribution is 0.289. The summed E-state index contributed by atoms with van der Waals surface area (Å²) in [5.41, 5.74) is 5.32. The molecule has 0 saturated heterocycles. The number of nitrogens with zero attached hydrogens (tertiary/aromatic N) is 1. The molecule has 1 atom stereocenters. The van der Waals surface area contributed by atoms with Crippen LogP contribution in [0.1, 0.15) is 13.3 Å². The van der Waals surface area contributed by atoms with Crippen LogP contribution in [0, 0.1) is 5.41 Å². The lowest BCUT2D eigenvalue weighted by atomic mass is 10.2. The Morgan fingerprint density at radius 3 is 2.58 bits per heavy atom. The predicted octanol–water partition coefficient (Wildman–Crippen LogP) is 0.996. The fourth-order valence-electron chi connectivity index (χ4n) is 1.15. The smallest absolute Gasteiger partial charge is 0.105 e. The third-order valence-corrected chi connectivity index (χ3v) is 2.59. The molecule has 72 valence electrons. The number of nitrogens with two attached hydrogens (primary N) is 1. The Hall–Kier alpha value is -0.220. The van der Waals surface area contributed by atoms with Crippen molar-refractivity contribution in [2.75, 3.05) is 25.6 Å². The van der Waals surface area contributed by atoms with Crippen LogP contribution in [0.15, 0.2) is 0 Å². The van der Waals surface area contributed by atoms with E-state index in [2.05, 4.69) is 18.1 Å². The lowest BCUT2D eigenvalue weighted by Gasteiger charge is -2.25. The average molecular weight is 189 g/mol. The SMILES string of the molecule is CCC(CSC)N(C)CC(=N)N. The standard InChI is InChI=1S/C8H19N3S/c1-4-7(6-12-3)11(2)5-8(9)10/h7H,4-6H2,1-3H3,(H3,9,10). The average Bonchev–Trinajstić information content (AvgIpc) is 1.98. The largest absolute Gasteiger partial charge is 0.387 e. The first kappa shape index (κ1) is 11.8. The van der Waals surface area contributed by atoms with Crippen molar-refractivity contribution in [3.63, 3.8) is 0 Å². The number of thioether (sulfide) groups is 1. The molecule has 0 spiro atoms. The Balaban J connectivity index is 3.84. The van der Waals surface area contributed by atoms with Gasteiger partial charge in [-0.1, -0.05) is 6.92 Å². The van der Waals surface area contributed by atoms with E-state index in [9.17, 15) is 0 Å². The highest BCUT2D eigenvalue weighted by atomic mass is 32.2. The summed E-state index contributed by atoms with van der Waals surface area (Å²) >= 11 is 1.84. The third-order valence-electron chi connectivity index (χ3n) is 1.87. The first-order valence-electron chi connectivity index (χ1n) is 4.13. The summed E-state index contributed by atoms with van der Waals surface area (Å²) in [6.07, 6.45) is 3.22. The molecule has 3 nitrogen and oxygen atoms in total. The molecular weight excluding hydrogens is 170 g/mol. The summed E-state index contributed by atoms with van der Waals surface area (Å²) < 4.78 is 0. The molecule has 0 aromatic rings. The molecular formula is C8H19N3S. The van der Waals surface area contributed by atoms with Crippen LogP contribution in [0.25, 0.3) is 0 Å². The number of hydrogen-bond acceptors (Lipinski definition) is 3. The minimum Gasteiger partial charge on any atom is -0.387 e. The second kappa shape index (κ2) is 6.31. The van der Waals surface area contributed by atoms with Gasteiger partial charge < -0.3 is 5.73 Å². The van der Waals surface area contributed by atoms with Gasteiger partial charge in [0.25, 0.3) is 0 Å². The molecule has 0 heterocycles. The second-order valence-corrected chi connectivity index (χ2v) is 3.87. The monoisotopic (exact) mass is 189 g/mol. The van der Waals surface area contributed by atoms with E-state index in [0.29, 0.717) is 12.6 Å². The van der Waals surface area contributed by atoms with E-state index in [1.165, 1.54) is 0 Å². The van der Waals surface area contributed by atoms with Crippen LogP contribution < -0.4 is 5.73 Å². The first-order chi connectivity index (χ1) is 5.61. The van der Waals surface area contributed by atoms with Crippen molar-refractivity contribution in [3.8, 4) is 0 Å². The van der Waals surface area contributed by atoms with Crippen LogP contribution in [0.4, 0.5) is 0 Å². The molecule has 0 amide bonds. The molecule has 0 aliphatic carbocycles. The molecule has 12 heavy (non-hydrogen) atoms. The summed E-state index contributed by atoms with van der Waals surface area (Å²) in [7, 11) is 2.02. The summed E-state index contributed by atoms with van der Waals surface area (Å²) in [4.78, 5) is 2.14. The van der Waals surface area contributed by atoms with Crippen molar-refractivity contribution in [2.45, 2.75) is 19.4 Å². The van der Waals surface area contributed by atoms with Crippen molar-refractivity contribution in [1.29, 1.82) is 5.41 Å². The van der Waals surface area contributed by atoms with Crippen LogP contribution in [0.3, 0.4) is 0 Å². The van der Waals surface area contributed by atoms with Crippen molar-refractivity contribution < 1.29 is 0 Å². The van der Waals surface area contributed by atoms with Gasteiger partial charge in [0.15, 0.2) is 0 Å². The van der Waals surface area contributed by atoms with Crippen LogP contribution in [0.5, 0.6) is 0 Å². The van der Waals surface area contributed by atoms with E-state index in [-0.39, 0.29) is 5.84 Å². The molecule has 4 heteroatoms. The number of likely N-dealkylation sites (N-methyl/N-ethyl adjacent to an activating group) is 1. The van der Waals surface area contributed by atoms with E-state index in [0.717, 1.165) is 12.2 Å².